The van der Waals surface area contributed by atoms with Gasteiger partial charge in [0.1, 0.15) is 19.2 Å². The maximum atomic E-state index is 12.4. The van der Waals surface area contributed by atoms with Crippen LogP contribution in [-0.2, 0) is 9.53 Å². The Labute approximate surface area is 90.8 Å². The van der Waals surface area contributed by atoms with E-state index in [9.17, 15) is 9.18 Å². The van der Waals surface area contributed by atoms with E-state index in [1.165, 1.54) is 0 Å². The molecule has 15 heavy (non-hydrogen) atoms. The Morgan fingerprint density at radius 1 is 1.47 bits per heavy atom. The largest absolute Gasteiger partial charge is 0.459 e. The number of nitrogens with two attached hydrogens (primary N) is 1. The summed E-state index contributed by atoms with van der Waals surface area (Å²) < 4.78 is 17.5. The van der Waals surface area contributed by atoms with Gasteiger partial charge in [-0.1, -0.05) is 13.8 Å². The molecule has 0 aliphatic carbocycles. The van der Waals surface area contributed by atoms with Crippen LogP contribution in [0.2, 0.25) is 0 Å². The zero-order chi connectivity index (χ0) is 12.1. The molecule has 0 bridgehead atoms. The first-order chi connectivity index (χ1) is 6.80. The Morgan fingerprint density at radius 2 is 2.00 bits per heavy atom. The monoisotopic (exact) mass is 221 g/mol. The summed E-state index contributed by atoms with van der Waals surface area (Å²) in [7, 11) is 3.46. The fraction of sp³-hybridized carbons (Fsp3) is 0.900. The van der Waals surface area contributed by atoms with Gasteiger partial charge in [0.2, 0.25) is 6.80 Å². The Morgan fingerprint density at radius 3 is 2.40 bits per heavy atom. The molecule has 0 aliphatic heterocycles. The minimum atomic E-state index is -0.592. The van der Waals surface area contributed by atoms with Crippen LogP contribution in [-0.4, -0.2) is 50.5 Å². The minimum absolute atomic E-state index is 0.0566. The van der Waals surface area contributed by atoms with Crippen LogP contribution in [0.1, 0.15) is 13.8 Å². The molecule has 0 amide bonds. The minimum Gasteiger partial charge on any atom is -0.459 e. The van der Waals surface area contributed by atoms with Crippen LogP contribution in [0, 0.1) is 5.92 Å². The number of nitrogens with zero attached hydrogens (tertiary/aromatic N) is 1. The lowest BCUT2D eigenvalue weighted by atomic mass is 10.1. The van der Waals surface area contributed by atoms with E-state index in [2.05, 4.69) is 0 Å². The van der Waals surface area contributed by atoms with Gasteiger partial charge in [-0.25, -0.2) is 0 Å². The number of alkyl halides is 1. The SMILES string of the molecule is CC(C)[C@H](N)C(=O)OCC[N+](C)(C)CF. The normalized spacial score (nSPS) is 14.1. The van der Waals surface area contributed by atoms with E-state index in [0.29, 0.717) is 6.54 Å². The number of likely N-dealkylation sites (N-methyl/N-ethyl adjacent to an activating group) is 1. The van der Waals surface area contributed by atoms with Gasteiger partial charge in [0.15, 0.2) is 0 Å². The lowest BCUT2D eigenvalue weighted by Gasteiger charge is -2.25. The van der Waals surface area contributed by atoms with E-state index in [1.807, 2.05) is 13.8 Å². The summed E-state index contributed by atoms with van der Waals surface area (Å²) in [6.45, 7) is 3.89. The van der Waals surface area contributed by atoms with Crippen molar-refractivity contribution < 1.29 is 18.4 Å². The third-order valence-electron chi connectivity index (χ3n) is 2.25. The molecule has 0 aromatic rings. The molecule has 0 saturated heterocycles. The van der Waals surface area contributed by atoms with Gasteiger partial charge < -0.3 is 10.5 Å². The van der Waals surface area contributed by atoms with Crippen LogP contribution >= 0.6 is 0 Å². The fourth-order valence-electron chi connectivity index (χ4n) is 0.822. The molecule has 0 saturated carbocycles. The summed E-state index contributed by atoms with van der Waals surface area (Å²) in [5.74, 6) is -0.356. The van der Waals surface area contributed by atoms with Gasteiger partial charge in [0.05, 0.1) is 14.1 Å². The first-order valence-corrected chi connectivity index (χ1v) is 5.10. The van der Waals surface area contributed by atoms with E-state index in [0.717, 1.165) is 0 Å². The Hall–Kier alpha value is -0.680. The highest BCUT2D eigenvalue weighted by atomic mass is 19.1. The number of hydrogen-bond donors (Lipinski definition) is 1. The molecule has 90 valence electrons. The maximum absolute atomic E-state index is 12.4. The second-order valence-corrected chi connectivity index (χ2v) is 4.72. The maximum Gasteiger partial charge on any atom is 0.323 e. The van der Waals surface area contributed by atoms with Gasteiger partial charge in [-0.3, -0.25) is 9.28 Å². The second-order valence-electron chi connectivity index (χ2n) is 4.72. The number of halogens is 1. The molecule has 5 heteroatoms. The van der Waals surface area contributed by atoms with Crippen molar-refractivity contribution in [3.63, 3.8) is 0 Å². The van der Waals surface area contributed by atoms with E-state index in [4.69, 9.17) is 10.5 Å². The third-order valence-corrected chi connectivity index (χ3v) is 2.25. The first-order valence-electron chi connectivity index (χ1n) is 5.10. The van der Waals surface area contributed by atoms with Crippen LogP contribution in [0.15, 0.2) is 0 Å². The van der Waals surface area contributed by atoms with E-state index in [-0.39, 0.29) is 17.0 Å². The van der Waals surface area contributed by atoms with Crippen LogP contribution in [0.3, 0.4) is 0 Å². The van der Waals surface area contributed by atoms with Crippen LogP contribution in [0.5, 0.6) is 0 Å². The molecule has 0 aromatic carbocycles. The van der Waals surface area contributed by atoms with Crippen molar-refractivity contribution in [3.8, 4) is 0 Å². The van der Waals surface area contributed by atoms with Crippen LogP contribution in [0.25, 0.3) is 0 Å². The van der Waals surface area contributed by atoms with Gasteiger partial charge in [-0.2, -0.15) is 4.39 Å². The second kappa shape index (κ2) is 6.02. The Bertz CT molecular complexity index is 208. The summed E-state index contributed by atoms with van der Waals surface area (Å²) in [4.78, 5) is 11.3. The van der Waals surface area contributed by atoms with Crippen molar-refractivity contribution >= 4 is 5.97 Å². The molecule has 0 rings (SSSR count). The lowest BCUT2D eigenvalue weighted by Crippen LogP contribution is -2.43. The average molecular weight is 221 g/mol. The molecular formula is C10H22FN2O2+. The smallest absolute Gasteiger partial charge is 0.323 e. The van der Waals surface area contributed by atoms with Gasteiger partial charge >= 0.3 is 5.97 Å². The number of hydrogen-bond acceptors (Lipinski definition) is 3. The van der Waals surface area contributed by atoms with Gasteiger partial charge in [-0.05, 0) is 5.92 Å². The molecule has 0 radical (unpaired) electrons. The number of quaternary nitrogens is 1. The van der Waals surface area contributed by atoms with Crippen LogP contribution in [0.4, 0.5) is 4.39 Å². The number of rotatable bonds is 6. The number of carbonyl (C=O) groups is 1. The molecular weight excluding hydrogens is 199 g/mol. The van der Waals surface area contributed by atoms with E-state index >= 15 is 0 Å². The van der Waals surface area contributed by atoms with Crippen LogP contribution < -0.4 is 5.73 Å². The Balaban J connectivity index is 3.83. The molecule has 0 aliphatic rings. The average Bonchev–Trinajstić information content (AvgIpc) is 2.16. The molecule has 0 spiro atoms. The standard InChI is InChI=1S/C10H22FN2O2/c1-8(2)9(12)10(14)15-6-5-13(3,4)7-11/h8-9H,5-7,12H2,1-4H3/q+1/t9-/m0/s1. The van der Waals surface area contributed by atoms with Crippen molar-refractivity contribution in [2.45, 2.75) is 19.9 Å². The molecule has 4 nitrogen and oxygen atoms in total. The lowest BCUT2D eigenvalue weighted by molar-refractivity contribution is -0.902. The molecule has 0 unspecified atom stereocenters. The fourth-order valence-corrected chi connectivity index (χ4v) is 0.822. The third kappa shape index (κ3) is 5.69. The molecule has 0 heterocycles. The summed E-state index contributed by atoms with van der Waals surface area (Å²) in [6, 6.07) is -0.592. The van der Waals surface area contributed by atoms with Crippen molar-refractivity contribution in [2.75, 3.05) is 34.0 Å². The van der Waals surface area contributed by atoms with Crippen molar-refractivity contribution in [1.29, 1.82) is 0 Å². The van der Waals surface area contributed by atoms with Gasteiger partial charge in [0.25, 0.3) is 0 Å². The predicted octanol–water partition coefficient (Wildman–Crippen LogP) is 0.516. The van der Waals surface area contributed by atoms with E-state index in [1.54, 1.807) is 14.1 Å². The molecule has 0 aromatic heterocycles. The summed E-state index contributed by atoms with van der Waals surface area (Å²) in [5, 5.41) is 0. The molecule has 1 atom stereocenters. The number of ether oxygens (including phenoxy) is 1. The quantitative estimate of drug-likeness (QED) is 0.404. The zero-order valence-corrected chi connectivity index (χ0v) is 10.00. The zero-order valence-electron chi connectivity index (χ0n) is 10.00. The highest BCUT2D eigenvalue weighted by Crippen LogP contribution is 2.02. The predicted molar refractivity (Wildman–Crippen MR) is 56.7 cm³/mol. The number of carbonyl (C=O) groups excluding carboxylic acids is 1. The van der Waals surface area contributed by atoms with Gasteiger partial charge in [0, 0.05) is 0 Å². The summed E-state index contributed by atoms with van der Waals surface area (Å²) in [6.07, 6.45) is 0. The Kier molecular flexibility index (Phi) is 5.75. The topological polar surface area (TPSA) is 52.3 Å². The van der Waals surface area contributed by atoms with Gasteiger partial charge in [-0.15, -0.1) is 0 Å². The summed E-state index contributed by atoms with van der Waals surface area (Å²) in [5.41, 5.74) is 5.59. The van der Waals surface area contributed by atoms with Crippen molar-refractivity contribution in [1.82, 2.24) is 0 Å². The highest BCUT2D eigenvalue weighted by Gasteiger charge is 2.20. The molecule has 2 N–H and O–H groups in total. The highest BCUT2D eigenvalue weighted by molar-refractivity contribution is 5.75. The molecule has 0 fully saturated rings. The van der Waals surface area contributed by atoms with E-state index < -0.39 is 18.8 Å². The summed E-state index contributed by atoms with van der Waals surface area (Å²) >= 11 is 0. The van der Waals surface area contributed by atoms with Crippen molar-refractivity contribution in [2.24, 2.45) is 11.7 Å². The first kappa shape index (κ1) is 14.3. The van der Waals surface area contributed by atoms with Crippen molar-refractivity contribution in [3.05, 3.63) is 0 Å². The number of esters is 1.